The zero-order valence-electron chi connectivity index (χ0n) is 7.26. The first-order valence-corrected chi connectivity index (χ1v) is 4.37. The second-order valence-corrected chi connectivity index (χ2v) is 3.49. The molecule has 0 aromatic heterocycles. The number of hydrogen-bond acceptors (Lipinski definition) is 3. The molecular formula is C8H17FN2O. The molecule has 0 bridgehead atoms. The molecule has 0 unspecified atom stereocenters. The summed E-state index contributed by atoms with van der Waals surface area (Å²) in [5.41, 5.74) is 9.22. The van der Waals surface area contributed by atoms with E-state index in [0.29, 0.717) is 18.9 Å². The number of nitrogens with two attached hydrogens (primary N) is 2. The lowest BCUT2D eigenvalue weighted by Gasteiger charge is -2.24. The monoisotopic (exact) mass is 176 g/mol. The molecule has 0 aromatic rings. The Hall–Kier alpha value is -0.190. The number of rotatable bonds is 4. The third-order valence-corrected chi connectivity index (χ3v) is 2.41. The maximum atomic E-state index is 13.6. The van der Waals surface area contributed by atoms with Gasteiger partial charge in [-0.15, -0.1) is 0 Å². The topological polar surface area (TPSA) is 61.3 Å². The molecule has 1 saturated heterocycles. The van der Waals surface area contributed by atoms with E-state index in [2.05, 4.69) is 0 Å². The predicted octanol–water partition coefficient (Wildman–Crippen LogP) is 0.0387. The molecule has 4 N–H and O–H groups in total. The molecule has 0 aliphatic carbocycles. The van der Waals surface area contributed by atoms with Crippen LogP contribution in [0.25, 0.3) is 0 Å². The molecule has 1 fully saturated rings. The minimum absolute atomic E-state index is 0.0139. The highest BCUT2D eigenvalue weighted by molar-refractivity contribution is 4.85. The Kier molecular flexibility index (Phi) is 3.43. The van der Waals surface area contributed by atoms with Crippen LogP contribution < -0.4 is 11.5 Å². The van der Waals surface area contributed by atoms with Gasteiger partial charge in [-0.1, -0.05) is 0 Å². The first-order chi connectivity index (χ1) is 5.70. The summed E-state index contributed by atoms with van der Waals surface area (Å²) < 4.78 is 18.7. The summed E-state index contributed by atoms with van der Waals surface area (Å²) in [6, 6.07) is 0. The van der Waals surface area contributed by atoms with E-state index in [1.165, 1.54) is 0 Å². The summed E-state index contributed by atoms with van der Waals surface area (Å²) >= 11 is 0. The van der Waals surface area contributed by atoms with Gasteiger partial charge in [-0.05, 0) is 18.8 Å². The van der Waals surface area contributed by atoms with Crippen LogP contribution in [0.4, 0.5) is 4.39 Å². The molecule has 3 nitrogen and oxygen atoms in total. The fourth-order valence-electron chi connectivity index (χ4n) is 1.51. The van der Waals surface area contributed by atoms with Crippen LogP contribution in [0.5, 0.6) is 0 Å². The van der Waals surface area contributed by atoms with Crippen molar-refractivity contribution in [2.24, 2.45) is 17.4 Å². The lowest BCUT2D eigenvalue weighted by molar-refractivity contribution is 0.125. The first-order valence-electron chi connectivity index (χ1n) is 4.37. The van der Waals surface area contributed by atoms with Crippen molar-refractivity contribution in [1.29, 1.82) is 0 Å². The first kappa shape index (κ1) is 9.89. The van der Waals surface area contributed by atoms with Gasteiger partial charge < -0.3 is 16.2 Å². The summed E-state index contributed by atoms with van der Waals surface area (Å²) in [7, 11) is 0. The molecule has 0 saturated carbocycles. The molecular weight excluding hydrogens is 159 g/mol. The van der Waals surface area contributed by atoms with E-state index < -0.39 is 5.67 Å². The number of alkyl halides is 1. The van der Waals surface area contributed by atoms with Crippen LogP contribution in [0.2, 0.25) is 0 Å². The maximum Gasteiger partial charge on any atom is 0.135 e. The highest BCUT2D eigenvalue weighted by Crippen LogP contribution is 2.25. The van der Waals surface area contributed by atoms with Gasteiger partial charge in [-0.2, -0.15) is 0 Å². The third kappa shape index (κ3) is 2.40. The SMILES string of the molecule is NCC(F)(CN)C[C@H]1CCOC1. The lowest BCUT2D eigenvalue weighted by Crippen LogP contribution is -2.42. The van der Waals surface area contributed by atoms with E-state index >= 15 is 0 Å². The van der Waals surface area contributed by atoms with E-state index in [-0.39, 0.29) is 13.1 Å². The van der Waals surface area contributed by atoms with Crippen LogP contribution in [0.15, 0.2) is 0 Å². The van der Waals surface area contributed by atoms with Crippen molar-refractivity contribution in [2.45, 2.75) is 18.5 Å². The number of ether oxygens (including phenoxy) is 1. The molecule has 1 aliphatic rings. The average Bonchev–Trinajstić information content (AvgIpc) is 2.57. The van der Waals surface area contributed by atoms with Crippen molar-refractivity contribution in [2.75, 3.05) is 26.3 Å². The standard InChI is InChI=1S/C8H17FN2O/c9-8(5-10,6-11)3-7-1-2-12-4-7/h7H,1-6,10-11H2/t7-/m1/s1. The van der Waals surface area contributed by atoms with Gasteiger partial charge in [-0.3, -0.25) is 0 Å². The van der Waals surface area contributed by atoms with E-state index in [9.17, 15) is 4.39 Å². The molecule has 4 heteroatoms. The van der Waals surface area contributed by atoms with Crippen LogP contribution in [-0.2, 0) is 4.74 Å². The van der Waals surface area contributed by atoms with E-state index in [0.717, 1.165) is 13.0 Å². The molecule has 0 spiro atoms. The number of hydrogen-bond donors (Lipinski definition) is 2. The molecule has 0 radical (unpaired) electrons. The largest absolute Gasteiger partial charge is 0.381 e. The summed E-state index contributed by atoms with van der Waals surface area (Å²) in [6.07, 6.45) is 1.38. The Bertz CT molecular complexity index is 133. The second-order valence-electron chi connectivity index (χ2n) is 3.49. The Labute approximate surface area is 72.2 Å². The van der Waals surface area contributed by atoms with Crippen molar-refractivity contribution < 1.29 is 9.13 Å². The van der Waals surface area contributed by atoms with Gasteiger partial charge in [0.2, 0.25) is 0 Å². The van der Waals surface area contributed by atoms with Crippen molar-refractivity contribution in [3.63, 3.8) is 0 Å². The average molecular weight is 176 g/mol. The summed E-state index contributed by atoms with van der Waals surface area (Å²) in [5.74, 6) is 0.307. The molecule has 1 rings (SSSR count). The van der Waals surface area contributed by atoms with Crippen LogP contribution in [0.1, 0.15) is 12.8 Å². The van der Waals surface area contributed by atoms with Crippen LogP contribution in [0, 0.1) is 5.92 Å². The number of halogens is 1. The molecule has 1 heterocycles. The predicted molar refractivity (Wildman–Crippen MR) is 45.5 cm³/mol. The Morgan fingerprint density at radius 1 is 1.42 bits per heavy atom. The van der Waals surface area contributed by atoms with E-state index in [4.69, 9.17) is 16.2 Å². The lowest BCUT2D eigenvalue weighted by atomic mass is 9.91. The molecule has 12 heavy (non-hydrogen) atoms. The van der Waals surface area contributed by atoms with Crippen molar-refractivity contribution in [1.82, 2.24) is 0 Å². The Balaban J connectivity index is 2.35. The van der Waals surface area contributed by atoms with Crippen LogP contribution in [-0.4, -0.2) is 32.0 Å². The maximum absolute atomic E-state index is 13.6. The molecule has 1 aliphatic heterocycles. The van der Waals surface area contributed by atoms with Gasteiger partial charge >= 0.3 is 0 Å². The molecule has 0 aromatic carbocycles. The van der Waals surface area contributed by atoms with Crippen molar-refractivity contribution in [3.05, 3.63) is 0 Å². The normalized spacial score (nSPS) is 24.8. The Morgan fingerprint density at radius 3 is 2.50 bits per heavy atom. The minimum Gasteiger partial charge on any atom is -0.381 e. The molecule has 1 atom stereocenters. The summed E-state index contributed by atoms with van der Waals surface area (Å²) in [5, 5.41) is 0. The van der Waals surface area contributed by atoms with Gasteiger partial charge in [-0.25, -0.2) is 4.39 Å². The minimum atomic E-state index is -1.38. The highest BCUT2D eigenvalue weighted by atomic mass is 19.1. The molecule has 0 amide bonds. The van der Waals surface area contributed by atoms with Crippen LogP contribution >= 0.6 is 0 Å². The quantitative estimate of drug-likeness (QED) is 0.635. The fourth-order valence-corrected chi connectivity index (χ4v) is 1.51. The van der Waals surface area contributed by atoms with Crippen LogP contribution in [0.3, 0.4) is 0 Å². The van der Waals surface area contributed by atoms with Crippen molar-refractivity contribution in [3.8, 4) is 0 Å². The van der Waals surface area contributed by atoms with Gasteiger partial charge in [0, 0.05) is 26.3 Å². The van der Waals surface area contributed by atoms with Crippen molar-refractivity contribution >= 4 is 0 Å². The molecule has 72 valence electrons. The summed E-state index contributed by atoms with van der Waals surface area (Å²) in [4.78, 5) is 0. The van der Waals surface area contributed by atoms with E-state index in [1.54, 1.807) is 0 Å². The fraction of sp³-hybridized carbons (Fsp3) is 1.00. The summed E-state index contributed by atoms with van der Waals surface area (Å²) in [6.45, 7) is 1.43. The highest BCUT2D eigenvalue weighted by Gasteiger charge is 2.31. The van der Waals surface area contributed by atoms with E-state index in [1.807, 2.05) is 0 Å². The zero-order valence-corrected chi connectivity index (χ0v) is 7.26. The Morgan fingerprint density at radius 2 is 2.08 bits per heavy atom. The van der Waals surface area contributed by atoms with Gasteiger partial charge in [0.05, 0.1) is 0 Å². The third-order valence-electron chi connectivity index (χ3n) is 2.41. The zero-order chi connectivity index (χ0) is 9.03. The van der Waals surface area contributed by atoms with Gasteiger partial charge in [0.25, 0.3) is 0 Å². The smallest absolute Gasteiger partial charge is 0.135 e. The van der Waals surface area contributed by atoms with Gasteiger partial charge in [0.15, 0.2) is 0 Å². The second kappa shape index (κ2) is 4.16. The van der Waals surface area contributed by atoms with Gasteiger partial charge in [0.1, 0.15) is 5.67 Å².